The Balaban J connectivity index is 1.28. The van der Waals surface area contributed by atoms with Crippen LogP contribution in [0.4, 0.5) is 0 Å². The number of benzene rings is 1. The van der Waals surface area contributed by atoms with Gasteiger partial charge in [0, 0.05) is 45.1 Å². The van der Waals surface area contributed by atoms with Crippen molar-refractivity contribution in [1.29, 1.82) is 0 Å². The molecule has 158 valence electrons. The summed E-state index contributed by atoms with van der Waals surface area (Å²) in [6.45, 7) is 10.5. The van der Waals surface area contributed by atoms with Gasteiger partial charge in [-0.1, -0.05) is 45.0 Å². The first kappa shape index (κ1) is 20.4. The van der Waals surface area contributed by atoms with E-state index in [9.17, 15) is 4.79 Å². The van der Waals surface area contributed by atoms with Gasteiger partial charge in [0.15, 0.2) is 6.61 Å². The highest BCUT2D eigenvalue weighted by Gasteiger charge is 2.23. The van der Waals surface area contributed by atoms with E-state index >= 15 is 0 Å². The van der Waals surface area contributed by atoms with Crippen molar-refractivity contribution in [3.05, 3.63) is 66.1 Å². The van der Waals surface area contributed by atoms with Gasteiger partial charge in [-0.2, -0.15) is 0 Å². The minimum atomic E-state index is -0.0246. The fourth-order valence-corrected chi connectivity index (χ4v) is 3.89. The van der Waals surface area contributed by atoms with Crippen molar-refractivity contribution >= 4 is 11.6 Å². The fraction of sp³-hybridized carbons (Fsp3) is 0.417. The first-order valence-electron chi connectivity index (χ1n) is 10.6. The summed E-state index contributed by atoms with van der Waals surface area (Å²) in [6.07, 6.45) is 4.09. The lowest BCUT2D eigenvalue weighted by molar-refractivity contribution is -0.135. The van der Waals surface area contributed by atoms with Crippen LogP contribution in [0.3, 0.4) is 0 Å². The molecule has 2 aromatic heterocycles. The molecule has 1 aliphatic rings. The molecule has 1 aromatic carbocycles. The molecule has 0 bridgehead atoms. The quantitative estimate of drug-likeness (QED) is 0.652. The number of hydrogen-bond donors (Lipinski definition) is 0. The summed E-state index contributed by atoms with van der Waals surface area (Å²) >= 11 is 0. The average Bonchev–Trinajstić information content (AvgIpc) is 3.14. The number of piperazine rings is 1. The molecule has 0 atom stereocenters. The van der Waals surface area contributed by atoms with E-state index in [-0.39, 0.29) is 17.9 Å². The Morgan fingerprint density at radius 2 is 1.77 bits per heavy atom. The lowest BCUT2D eigenvalue weighted by atomic mass is 9.86. The number of ether oxygens (including phenoxy) is 1. The molecule has 1 amide bonds. The van der Waals surface area contributed by atoms with Gasteiger partial charge in [-0.05, 0) is 29.2 Å². The molecule has 1 saturated heterocycles. The topological polar surface area (TPSA) is 50.1 Å². The van der Waals surface area contributed by atoms with E-state index in [1.54, 1.807) is 0 Å². The third kappa shape index (κ3) is 4.65. The number of para-hydroxylation sites is 1. The van der Waals surface area contributed by atoms with Gasteiger partial charge in [0.25, 0.3) is 5.91 Å². The number of rotatable bonds is 5. The van der Waals surface area contributed by atoms with Crippen LogP contribution in [-0.2, 0) is 16.8 Å². The smallest absolute Gasteiger partial charge is 0.260 e. The minimum absolute atomic E-state index is 0.0246. The number of carbonyl (C=O) groups excluding carboxylic acids is 1. The molecule has 3 heterocycles. The maximum Gasteiger partial charge on any atom is 0.260 e. The predicted molar refractivity (Wildman–Crippen MR) is 118 cm³/mol. The lowest BCUT2D eigenvalue weighted by Gasteiger charge is -2.34. The molecule has 30 heavy (non-hydrogen) atoms. The van der Waals surface area contributed by atoms with Gasteiger partial charge in [0.1, 0.15) is 11.4 Å². The van der Waals surface area contributed by atoms with E-state index in [1.807, 2.05) is 51.9 Å². The van der Waals surface area contributed by atoms with Crippen LogP contribution in [0.2, 0.25) is 0 Å². The zero-order valence-corrected chi connectivity index (χ0v) is 18.0. The second-order valence-corrected chi connectivity index (χ2v) is 8.89. The third-order valence-corrected chi connectivity index (χ3v) is 5.57. The van der Waals surface area contributed by atoms with Crippen molar-refractivity contribution in [2.24, 2.45) is 0 Å². The normalized spacial score (nSPS) is 15.5. The fourth-order valence-electron chi connectivity index (χ4n) is 3.89. The maximum absolute atomic E-state index is 12.7. The van der Waals surface area contributed by atoms with Crippen molar-refractivity contribution in [2.45, 2.75) is 32.7 Å². The molecule has 6 heteroatoms. The second-order valence-electron chi connectivity index (χ2n) is 8.89. The van der Waals surface area contributed by atoms with Crippen LogP contribution in [0.15, 0.2) is 54.9 Å². The van der Waals surface area contributed by atoms with E-state index < -0.39 is 0 Å². The third-order valence-electron chi connectivity index (χ3n) is 5.57. The zero-order chi connectivity index (χ0) is 21.1. The molecule has 0 radical (unpaired) electrons. The van der Waals surface area contributed by atoms with Crippen LogP contribution in [0, 0.1) is 0 Å². The van der Waals surface area contributed by atoms with Crippen molar-refractivity contribution in [3.63, 3.8) is 0 Å². The molecule has 0 aliphatic carbocycles. The number of aromatic nitrogens is 2. The Kier molecular flexibility index (Phi) is 5.77. The standard InChI is InChI=1S/C24H30N4O2/c1-24(2,3)20-8-4-5-9-21(20)30-18-23(29)27-14-12-26(13-15-27)16-19-17-28-11-7-6-10-22(28)25-19/h4-11,17H,12-16,18H2,1-3H3. The van der Waals surface area contributed by atoms with Gasteiger partial charge in [-0.15, -0.1) is 0 Å². The highest BCUT2D eigenvalue weighted by molar-refractivity contribution is 5.78. The van der Waals surface area contributed by atoms with E-state index in [2.05, 4.69) is 42.9 Å². The molecule has 0 spiro atoms. The summed E-state index contributed by atoms with van der Waals surface area (Å²) in [6, 6.07) is 14.0. The van der Waals surface area contributed by atoms with Gasteiger partial charge < -0.3 is 14.0 Å². The SMILES string of the molecule is CC(C)(C)c1ccccc1OCC(=O)N1CCN(Cc2cn3ccccc3n2)CC1. The van der Waals surface area contributed by atoms with Gasteiger partial charge in [-0.3, -0.25) is 9.69 Å². The molecule has 1 aliphatic heterocycles. The molecule has 4 rings (SSSR count). The summed E-state index contributed by atoms with van der Waals surface area (Å²) in [5.41, 5.74) is 3.12. The summed E-state index contributed by atoms with van der Waals surface area (Å²) in [7, 11) is 0. The van der Waals surface area contributed by atoms with E-state index in [4.69, 9.17) is 4.74 Å². The first-order valence-corrected chi connectivity index (χ1v) is 10.6. The summed E-state index contributed by atoms with van der Waals surface area (Å²) < 4.78 is 7.96. The Labute approximate surface area is 178 Å². The van der Waals surface area contributed by atoms with Crippen LogP contribution < -0.4 is 4.74 Å². The Morgan fingerprint density at radius 3 is 2.50 bits per heavy atom. The highest BCUT2D eigenvalue weighted by Crippen LogP contribution is 2.30. The van der Waals surface area contributed by atoms with Crippen molar-refractivity contribution in [1.82, 2.24) is 19.2 Å². The predicted octanol–water partition coefficient (Wildman–Crippen LogP) is 3.36. The number of carbonyl (C=O) groups is 1. The molecular formula is C24H30N4O2. The highest BCUT2D eigenvalue weighted by atomic mass is 16.5. The number of amides is 1. The number of hydrogen-bond acceptors (Lipinski definition) is 4. The Morgan fingerprint density at radius 1 is 1.03 bits per heavy atom. The zero-order valence-electron chi connectivity index (χ0n) is 18.0. The van der Waals surface area contributed by atoms with Crippen molar-refractivity contribution in [2.75, 3.05) is 32.8 Å². The summed E-state index contributed by atoms with van der Waals surface area (Å²) in [4.78, 5) is 21.6. The number of pyridine rings is 1. The van der Waals surface area contributed by atoms with Crippen LogP contribution in [0.1, 0.15) is 32.0 Å². The molecular weight excluding hydrogens is 376 g/mol. The summed E-state index contributed by atoms with van der Waals surface area (Å²) in [5, 5.41) is 0. The molecule has 3 aromatic rings. The molecule has 0 unspecified atom stereocenters. The molecule has 0 saturated carbocycles. The average molecular weight is 407 g/mol. The number of imidazole rings is 1. The lowest BCUT2D eigenvalue weighted by Crippen LogP contribution is -2.49. The van der Waals surface area contributed by atoms with E-state index in [0.717, 1.165) is 55.4 Å². The minimum Gasteiger partial charge on any atom is -0.483 e. The number of fused-ring (bicyclic) bond motifs is 1. The Hall–Kier alpha value is -2.86. The van der Waals surface area contributed by atoms with Gasteiger partial charge >= 0.3 is 0 Å². The second kappa shape index (κ2) is 8.48. The monoisotopic (exact) mass is 406 g/mol. The largest absolute Gasteiger partial charge is 0.483 e. The molecule has 6 nitrogen and oxygen atoms in total. The van der Waals surface area contributed by atoms with Crippen LogP contribution >= 0.6 is 0 Å². The van der Waals surface area contributed by atoms with Crippen LogP contribution in [-0.4, -0.2) is 57.9 Å². The summed E-state index contributed by atoms with van der Waals surface area (Å²) in [5.74, 6) is 0.843. The maximum atomic E-state index is 12.7. The van der Waals surface area contributed by atoms with E-state index in [1.165, 1.54) is 0 Å². The van der Waals surface area contributed by atoms with Crippen molar-refractivity contribution < 1.29 is 9.53 Å². The molecule has 0 N–H and O–H groups in total. The molecule has 1 fully saturated rings. The van der Waals surface area contributed by atoms with Gasteiger partial charge in [-0.25, -0.2) is 4.98 Å². The van der Waals surface area contributed by atoms with Crippen LogP contribution in [0.25, 0.3) is 5.65 Å². The van der Waals surface area contributed by atoms with Crippen LogP contribution in [0.5, 0.6) is 5.75 Å². The van der Waals surface area contributed by atoms with Crippen molar-refractivity contribution in [3.8, 4) is 5.75 Å². The first-order chi connectivity index (χ1) is 14.4. The van der Waals surface area contributed by atoms with Gasteiger partial charge in [0.05, 0.1) is 5.69 Å². The van der Waals surface area contributed by atoms with Gasteiger partial charge in [0.2, 0.25) is 0 Å². The van der Waals surface area contributed by atoms with E-state index in [0.29, 0.717) is 0 Å². The Bertz CT molecular complexity index is 980. The number of nitrogens with zero attached hydrogens (tertiary/aromatic N) is 4.